The van der Waals surface area contributed by atoms with Gasteiger partial charge in [-0.05, 0) is 59.3 Å². The van der Waals surface area contributed by atoms with Gasteiger partial charge in [0.25, 0.3) is 0 Å². The zero-order valence-electron chi connectivity index (χ0n) is 37.7. The molecule has 7 rings (SSSR count). The Balaban J connectivity index is 1.39. The van der Waals surface area contributed by atoms with Crippen LogP contribution >= 0.6 is 0 Å². The van der Waals surface area contributed by atoms with E-state index in [0.717, 1.165) is 38.5 Å². The number of hydrogen-bond acceptors (Lipinski definition) is 18. The summed E-state index contributed by atoms with van der Waals surface area (Å²) in [6, 6.07) is 36.3. The molecule has 69 heavy (non-hydrogen) atoms. The van der Waals surface area contributed by atoms with Gasteiger partial charge in [-0.3, -0.25) is 19.2 Å². The predicted molar refractivity (Wildman–Crippen MR) is 238 cm³/mol. The molecule has 5 aromatic carbocycles. The van der Waals surface area contributed by atoms with Gasteiger partial charge in [-0.1, -0.05) is 84.9 Å². The van der Waals surface area contributed by atoms with Gasteiger partial charge in [0.15, 0.2) is 36.8 Å². The molecule has 0 unspecified atom stereocenters. The molecule has 2 aliphatic rings. The van der Waals surface area contributed by atoms with Crippen molar-refractivity contribution in [1.29, 1.82) is 0 Å². The van der Waals surface area contributed by atoms with Crippen molar-refractivity contribution >= 4 is 52.6 Å². The molecule has 10 atom stereocenters. The Labute approximate surface area is 395 Å². The molecule has 2 aliphatic heterocycles. The van der Waals surface area contributed by atoms with Crippen molar-refractivity contribution in [2.75, 3.05) is 13.2 Å². The molecule has 0 saturated carbocycles. The fraction of sp³-hybridized carbons (Fsp3) is 0.314. The highest BCUT2D eigenvalue weighted by Gasteiger charge is 2.58. The van der Waals surface area contributed by atoms with E-state index >= 15 is 0 Å². The number of fused-ring (bicyclic) bond motifs is 1. The number of ether oxygens (including phenoxy) is 11. The van der Waals surface area contributed by atoms with Gasteiger partial charge in [0.05, 0.1) is 16.7 Å². The molecule has 2 fully saturated rings. The van der Waals surface area contributed by atoms with Gasteiger partial charge < -0.3 is 52.1 Å². The Morgan fingerprint density at radius 2 is 0.841 bits per heavy atom. The number of carbonyl (C=O) groups excluding carboxylic acids is 7. The maximum atomic E-state index is 14.2. The van der Waals surface area contributed by atoms with Gasteiger partial charge in [0, 0.05) is 27.7 Å². The van der Waals surface area contributed by atoms with Crippen molar-refractivity contribution in [3.8, 4) is 5.75 Å². The summed E-state index contributed by atoms with van der Waals surface area (Å²) in [5.74, 6) is -5.92. The summed E-state index contributed by atoms with van der Waals surface area (Å²) < 4.78 is 66.7. The number of rotatable bonds is 16. The van der Waals surface area contributed by atoms with Crippen molar-refractivity contribution in [1.82, 2.24) is 0 Å². The summed E-state index contributed by atoms with van der Waals surface area (Å²) in [5, 5.41) is 1.63. The molecular weight excluding hydrogens is 901 g/mol. The second kappa shape index (κ2) is 22.9. The molecular formula is C51H48O18. The van der Waals surface area contributed by atoms with Gasteiger partial charge in [0.1, 0.15) is 37.3 Å². The molecule has 18 heteroatoms. The minimum atomic E-state index is -1.92. The standard InChI is InChI=1S/C51H48O18/c1-29(52)59-27-39-41(61-30(2)53)43(62-31(3)54)45(63-32(4)55)51(66-39)69-44-42(67-48(57)35-19-10-6-11-20-35)40(28-60-47(56)34-17-8-5-9-18-34)65-50(46(44)68-49(58)36-21-12-7-13-22-36)64-38-25-24-33-16-14-15-23-37(33)26-38/h5-26,39-46,50-51H,27-28H2,1-4H3/t39-,40-,41+,42+,43+,44+,45-,46-,50-,51+/m1/s1. The molecule has 0 spiro atoms. The third-order valence-electron chi connectivity index (χ3n) is 10.7. The van der Waals surface area contributed by atoms with Gasteiger partial charge in [-0.25, -0.2) is 14.4 Å². The average Bonchev–Trinajstić information content (AvgIpc) is 3.34. The van der Waals surface area contributed by atoms with Crippen LogP contribution in [0.1, 0.15) is 58.8 Å². The van der Waals surface area contributed by atoms with E-state index in [2.05, 4.69) is 0 Å². The Hall–Kier alpha value is -7.67. The lowest BCUT2D eigenvalue weighted by Gasteiger charge is -2.48. The van der Waals surface area contributed by atoms with Gasteiger partial charge in [-0.15, -0.1) is 0 Å². The summed E-state index contributed by atoms with van der Waals surface area (Å²) in [6.07, 6.45) is -16.9. The highest BCUT2D eigenvalue weighted by molar-refractivity contribution is 5.91. The molecule has 0 aromatic heterocycles. The number of esters is 7. The molecule has 2 saturated heterocycles. The predicted octanol–water partition coefficient (Wildman–Crippen LogP) is 5.72. The zero-order chi connectivity index (χ0) is 49.0. The SMILES string of the molecule is CC(=O)OC[C@H]1O[C@@H](O[C@H]2[C@@H](OC(=O)c3ccccc3)[C@@H](COC(=O)c3ccccc3)O[C@@H](Oc3ccc4ccccc4c3)[C@@H]2OC(=O)c2ccccc2)[C@H](OC(C)=O)[C@@H](OC(C)=O)[C@H]1OC(C)=O. The Morgan fingerprint density at radius 3 is 1.39 bits per heavy atom. The van der Waals surface area contributed by atoms with Crippen LogP contribution in [0.2, 0.25) is 0 Å². The van der Waals surface area contributed by atoms with E-state index in [9.17, 15) is 33.6 Å². The second-order valence-corrected chi connectivity index (χ2v) is 15.8. The van der Waals surface area contributed by atoms with Crippen LogP contribution in [0.15, 0.2) is 133 Å². The quantitative estimate of drug-likeness (QED) is 0.0852. The van der Waals surface area contributed by atoms with E-state index in [4.69, 9.17) is 52.1 Å². The smallest absolute Gasteiger partial charge is 0.338 e. The van der Waals surface area contributed by atoms with Crippen LogP contribution < -0.4 is 4.74 Å². The zero-order valence-corrected chi connectivity index (χ0v) is 37.7. The maximum absolute atomic E-state index is 14.2. The minimum absolute atomic E-state index is 0.0657. The second-order valence-electron chi connectivity index (χ2n) is 15.8. The third kappa shape index (κ3) is 12.9. The van der Waals surface area contributed by atoms with Crippen molar-refractivity contribution in [3.05, 3.63) is 150 Å². The fourth-order valence-electron chi connectivity index (χ4n) is 7.71. The monoisotopic (exact) mass is 948 g/mol. The van der Waals surface area contributed by atoms with Crippen LogP contribution in [-0.4, -0.2) is 116 Å². The van der Waals surface area contributed by atoms with E-state index in [0.29, 0.717) is 0 Å². The first-order valence-electron chi connectivity index (χ1n) is 21.7. The molecule has 0 aliphatic carbocycles. The van der Waals surface area contributed by atoms with Gasteiger partial charge >= 0.3 is 41.8 Å². The first-order valence-corrected chi connectivity index (χ1v) is 21.7. The highest BCUT2D eigenvalue weighted by atomic mass is 16.8. The Morgan fingerprint density at radius 1 is 0.406 bits per heavy atom. The van der Waals surface area contributed by atoms with Crippen molar-refractivity contribution in [2.45, 2.75) is 89.1 Å². The largest absolute Gasteiger partial charge is 0.463 e. The average molecular weight is 949 g/mol. The molecule has 0 radical (unpaired) electrons. The first kappa shape index (κ1) is 49.2. The van der Waals surface area contributed by atoms with E-state index < -0.39 is 116 Å². The molecule has 2 heterocycles. The summed E-state index contributed by atoms with van der Waals surface area (Å²) in [7, 11) is 0. The summed E-state index contributed by atoms with van der Waals surface area (Å²) >= 11 is 0. The fourth-order valence-corrected chi connectivity index (χ4v) is 7.71. The number of carbonyl (C=O) groups is 7. The summed E-state index contributed by atoms with van der Waals surface area (Å²) in [6.45, 7) is 3.03. The van der Waals surface area contributed by atoms with Crippen molar-refractivity contribution < 1.29 is 85.7 Å². The summed E-state index contributed by atoms with van der Waals surface area (Å²) in [4.78, 5) is 92.4. The molecule has 360 valence electrons. The normalized spacial score (nSPS) is 24.1. The molecule has 0 amide bonds. The van der Waals surface area contributed by atoms with Crippen LogP contribution in [0.4, 0.5) is 0 Å². The minimum Gasteiger partial charge on any atom is -0.463 e. The van der Waals surface area contributed by atoms with Crippen LogP contribution in [0.5, 0.6) is 5.75 Å². The van der Waals surface area contributed by atoms with Crippen LogP contribution in [0, 0.1) is 0 Å². The Kier molecular flexibility index (Phi) is 16.3. The van der Waals surface area contributed by atoms with Crippen LogP contribution in [0.25, 0.3) is 10.8 Å². The lowest BCUT2D eigenvalue weighted by Crippen LogP contribution is -2.67. The first-order chi connectivity index (χ1) is 33.2. The highest BCUT2D eigenvalue weighted by Crippen LogP contribution is 2.37. The molecule has 5 aromatic rings. The van der Waals surface area contributed by atoms with E-state index in [1.54, 1.807) is 72.8 Å². The van der Waals surface area contributed by atoms with Crippen molar-refractivity contribution in [2.24, 2.45) is 0 Å². The van der Waals surface area contributed by atoms with Crippen LogP contribution in [0.3, 0.4) is 0 Å². The lowest BCUT2D eigenvalue weighted by molar-refractivity contribution is -0.352. The lowest BCUT2D eigenvalue weighted by atomic mass is 9.95. The third-order valence-corrected chi connectivity index (χ3v) is 10.7. The maximum Gasteiger partial charge on any atom is 0.338 e. The molecule has 0 N–H and O–H groups in total. The number of hydrogen-bond donors (Lipinski definition) is 0. The van der Waals surface area contributed by atoms with Crippen LogP contribution in [-0.2, 0) is 66.5 Å². The topological polar surface area (TPSA) is 221 Å². The van der Waals surface area contributed by atoms with Crippen molar-refractivity contribution in [3.63, 3.8) is 0 Å². The summed E-state index contributed by atoms with van der Waals surface area (Å²) in [5.41, 5.74) is 0.316. The van der Waals surface area contributed by atoms with E-state index in [-0.39, 0.29) is 22.4 Å². The Bertz CT molecular complexity index is 2610. The number of benzene rings is 5. The molecule has 18 nitrogen and oxygen atoms in total. The van der Waals surface area contributed by atoms with E-state index in [1.807, 2.05) is 24.3 Å². The van der Waals surface area contributed by atoms with Gasteiger partial charge in [0.2, 0.25) is 6.29 Å². The van der Waals surface area contributed by atoms with Gasteiger partial charge in [-0.2, -0.15) is 0 Å². The molecule has 0 bridgehead atoms. The van der Waals surface area contributed by atoms with E-state index in [1.165, 1.54) is 36.4 Å².